The average Bonchev–Trinajstić information content (AvgIpc) is 2.76. The van der Waals surface area contributed by atoms with E-state index in [0.717, 1.165) is 43.1 Å². The summed E-state index contributed by atoms with van der Waals surface area (Å²) in [5.41, 5.74) is 3.81. The Morgan fingerprint density at radius 3 is 2.50 bits per heavy atom. The van der Waals surface area contributed by atoms with Crippen LogP contribution in [0.3, 0.4) is 0 Å². The summed E-state index contributed by atoms with van der Waals surface area (Å²) in [5.74, 6) is 0.327. The molecule has 0 aliphatic carbocycles. The van der Waals surface area contributed by atoms with E-state index in [0.29, 0.717) is 12.2 Å². The van der Waals surface area contributed by atoms with Crippen LogP contribution in [-0.4, -0.2) is 72.3 Å². The van der Waals surface area contributed by atoms with Gasteiger partial charge in [0.25, 0.3) is 0 Å². The largest absolute Gasteiger partial charge is 0.490 e. The second-order valence-electron chi connectivity index (χ2n) is 8.63. The zero-order valence-corrected chi connectivity index (χ0v) is 19.4. The highest BCUT2D eigenvalue weighted by Crippen LogP contribution is 2.25. The lowest BCUT2D eigenvalue weighted by atomic mass is 10.1. The van der Waals surface area contributed by atoms with E-state index < -0.39 is 6.10 Å². The monoisotopic (exact) mass is 443 g/mol. The Bertz CT molecular complexity index is 929. The smallest absolute Gasteiger partial charge is 0.241 e. The fourth-order valence-corrected chi connectivity index (χ4v) is 3.99. The molecule has 2 unspecified atom stereocenters. The van der Waals surface area contributed by atoms with Crippen LogP contribution >= 0.6 is 0 Å². The molecular weight excluding hydrogens is 409 g/mol. The number of hydrogen-bond acceptors (Lipinski definition) is 5. The van der Waals surface area contributed by atoms with Crippen molar-refractivity contribution in [2.45, 2.75) is 39.8 Å². The minimum absolute atomic E-state index is 0.152. The number of nitrogens with zero attached hydrogens (tertiary/aromatic N) is 2. The first-order chi connectivity index (χ1) is 15.2. The molecule has 2 atom stereocenters. The number of aliphatic hydroxyl groups is 1. The van der Waals surface area contributed by atoms with Gasteiger partial charge in [-0.05, 0) is 62.6 Å². The third-order valence-electron chi connectivity index (χ3n) is 6.19. The predicted octanol–water partition coefficient (Wildman–Crippen LogP) is 3.14. The number of hydrogen-bond donors (Lipinski definition) is 2. The number of carbonyl (C=O) groups excluding carboxylic acids is 1. The van der Waals surface area contributed by atoms with E-state index in [2.05, 4.69) is 28.1 Å². The number of aryl methyl sites for hydroxylation is 2. The molecule has 1 amide bonds. The van der Waals surface area contributed by atoms with Crippen LogP contribution in [0.2, 0.25) is 0 Å². The molecule has 0 aromatic heterocycles. The summed E-state index contributed by atoms with van der Waals surface area (Å²) in [7, 11) is 0. The highest BCUT2D eigenvalue weighted by molar-refractivity contribution is 5.94. The number of carbonyl (C=O) groups is 1. The SMILES string of the molecule is Cc1ccc(C)c(OCC(O)CN2CCN(C(C)C(=O)Nc3cccc(F)c3)CC2)c1C. The third-order valence-corrected chi connectivity index (χ3v) is 6.19. The normalized spacial score (nSPS) is 17.1. The number of benzene rings is 2. The van der Waals surface area contributed by atoms with E-state index in [1.54, 1.807) is 12.1 Å². The first-order valence-electron chi connectivity index (χ1n) is 11.1. The predicted molar refractivity (Wildman–Crippen MR) is 125 cm³/mol. The van der Waals surface area contributed by atoms with Crippen molar-refractivity contribution < 1.29 is 19.0 Å². The zero-order chi connectivity index (χ0) is 23.3. The van der Waals surface area contributed by atoms with Crippen molar-refractivity contribution in [3.63, 3.8) is 0 Å². The van der Waals surface area contributed by atoms with Gasteiger partial charge in [-0.2, -0.15) is 0 Å². The van der Waals surface area contributed by atoms with Gasteiger partial charge >= 0.3 is 0 Å². The van der Waals surface area contributed by atoms with Crippen molar-refractivity contribution in [3.05, 3.63) is 58.9 Å². The molecular formula is C25H34FN3O3. The molecule has 1 heterocycles. The second-order valence-corrected chi connectivity index (χ2v) is 8.63. The molecule has 1 aliphatic rings. The number of ether oxygens (including phenoxy) is 1. The van der Waals surface area contributed by atoms with Gasteiger partial charge in [0, 0.05) is 38.4 Å². The van der Waals surface area contributed by atoms with Gasteiger partial charge in [0.2, 0.25) is 5.91 Å². The van der Waals surface area contributed by atoms with E-state index in [-0.39, 0.29) is 24.4 Å². The maximum Gasteiger partial charge on any atom is 0.241 e. The van der Waals surface area contributed by atoms with Crippen molar-refractivity contribution in [1.82, 2.24) is 9.80 Å². The summed E-state index contributed by atoms with van der Waals surface area (Å²) in [6.07, 6.45) is -0.588. The summed E-state index contributed by atoms with van der Waals surface area (Å²) in [4.78, 5) is 16.8. The Hall–Kier alpha value is -2.48. The van der Waals surface area contributed by atoms with Crippen molar-refractivity contribution in [2.24, 2.45) is 0 Å². The Balaban J connectivity index is 1.43. The lowest BCUT2D eigenvalue weighted by Crippen LogP contribution is -2.54. The first kappa shape index (κ1) is 24.2. The van der Waals surface area contributed by atoms with Crippen LogP contribution in [0.4, 0.5) is 10.1 Å². The van der Waals surface area contributed by atoms with Crippen molar-refractivity contribution in [3.8, 4) is 5.75 Å². The Morgan fingerprint density at radius 1 is 1.12 bits per heavy atom. The molecule has 174 valence electrons. The molecule has 2 N–H and O–H groups in total. The van der Waals surface area contributed by atoms with E-state index in [1.807, 2.05) is 26.8 Å². The number of aliphatic hydroxyl groups excluding tert-OH is 1. The zero-order valence-electron chi connectivity index (χ0n) is 19.4. The van der Waals surface area contributed by atoms with Gasteiger partial charge < -0.3 is 15.2 Å². The Labute approximate surface area is 190 Å². The minimum atomic E-state index is -0.588. The average molecular weight is 444 g/mol. The number of anilines is 1. The molecule has 1 aliphatic heterocycles. The summed E-state index contributed by atoms with van der Waals surface area (Å²) < 4.78 is 19.3. The Kier molecular flexibility index (Phi) is 8.23. The minimum Gasteiger partial charge on any atom is -0.490 e. The molecule has 1 fully saturated rings. The fraction of sp³-hybridized carbons (Fsp3) is 0.480. The maximum atomic E-state index is 13.3. The molecule has 0 spiro atoms. The number of halogens is 1. The van der Waals surface area contributed by atoms with Gasteiger partial charge in [0.05, 0.1) is 6.04 Å². The van der Waals surface area contributed by atoms with Crippen LogP contribution in [0, 0.1) is 26.6 Å². The van der Waals surface area contributed by atoms with Gasteiger partial charge in [-0.15, -0.1) is 0 Å². The van der Waals surface area contributed by atoms with Crippen LogP contribution in [0.5, 0.6) is 5.75 Å². The number of β-amino-alcohol motifs (C(OH)–C–C–N with tert-alkyl or cyclic N) is 1. The number of piperazine rings is 1. The highest BCUT2D eigenvalue weighted by Gasteiger charge is 2.26. The van der Waals surface area contributed by atoms with Gasteiger partial charge in [-0.3, -0.25) is 14.6 Å². The molecule has 0 bridgehead atoms. The standard InChI is InChI=1S/C25H34FN3O3/c1-17-8-9-18(2)24(19(17)3)32-16-23(30)15-28-10-12-29(13-11-28)20(4)25(31)27-22-7-5-6-21(26)14-22/h5-9,14,20,23,30H,10-13,15-16H2,1-4H3,(H,27,31). The van der Waals surface area contributed by atoms with Crippen molar-refractivity contribution in [2.75, 3.05) is 44.6 Å². The molecule has 2 aromatic carbocycles. The van der Waals surface area contributed by atoms with Gasteiger partial charge in [-0.25, -0.2) is 4.39 Å². The number of amides is 1. The van der Waals surface area contributed by atoms with Crippen LogP contribution in [-0.2, 0) is 4.79 Å². The number of nitrogens with one attached hydrogen (secondary N) is 1. The molecule has 32 heavy (non-hydrogen) atoms. The lowest BCUT2D eigenvalue weighted by Gasteiger charge is -2.38. The molecule has 1 saturated heterocycles. The van der Waals surface area contributed by atoms with Gasteiger partial charge in [0.1, 0.15) is 24.3 Å². The van der Waals surface area contributed by atoms with Crippen molar-refractivity contribution >= 4 is 11.6 Å². The van der Waals surface area contributed by atoms with Crippen LogP contribution in [0.15, 0.2) is 36.4 Å². The van der Waals surface area contributed by atoms with Crippen LogP contribution in [0.1, 0.15) is 23.6 Å². The topological polar surface area (TPSA) is 65.0 Å². The quantitative estimate of drug-likeness (QED) is 0.656. The van der Waals surface area contributed by atoms with E-state index in [9.17, 15) is 14.3 Å². The molecule has 6 nitrogen and oxygen atoms in total. The number of rotatable bonds is 8. The highest BCUT2D eigenvalue weighted by atomic mass is 19.1. The van der Waals surface area contributed by atoms with Crippen LogP contribution in [0.25, 0.3) is 0 Å². The fourth-order valence-electron chi connectivity index (χ4n) is 3.99. The molecule has 3 rings (SSSR count). The molecule has 0 radical (unpaired) electrons. The Morgan fingerprint density at radius 2 is 1.81 bits per heavy atom. The van der Waals surface area contributed by atoms with E-state index >= 15 is 0 Å². The lowest BCUT2D eigenvalue weighted by molar-refractivity contribution is -0.121. The van der Waals surface area contributed by atoms with E-state index in [1.165, 1.54) is 17.7 Å². The van der Waals surface area contributed by atoms with Gasteiger partial charge in [0.15, 0.2) is 0 Å². The van der Waals surface area contributed by atoms with E-state index in [4.69, 9.17) is 4.74 Å². The van der Waals surface area contributed by atoms with Crippen LogP contribution < -0.4 is 10.1 Å². The molecule has 7 heteroatoms. The summed E-state index contributed by atoms with van der Waals surface area (Å²) in [6.45, 7) is 11.7. The summed E-state index contributed by atoms with van der Waals surface area (Å²) >= 11 is 0. The van der Waals surface area contributed by atoms with Crippen molar-refractivity contribution in [1.29, 1.82) is 0 Å². The van der Waals surface area contributed by atoms with Gasteiger partial charge in [-0.1, -0.05) is 18.2 Å². The molecule has 0 saturated carbocycles. The summed E-state index contributed by atoms with van der Waals surface area (Å²) in [6, 6.07) is 9.70. The summed E-state index contributed by atoms with van der Waals surface area (Å²) in [5, 5.41) is 13.3. The molecule has 2 aromatic rings. The third kappa shape index (κ3) is 6.28. The first-order valence-corrected chi connectivity index (χ1v) is 11.1. The maximum absolute atomic E-state index is 13.3. The second kappa shape index (κ2) is 10.9.